The molecule has 2 aliphatic rings. The molecule has 46 heavy (non-hydrogen) atoms. The Morgan fingerprint density at radius 3 is 1.28 bits per heavy atom. The molecule has 2 aliphatic heterocycles. The van der Waals surface area contributed by atoms with Gasteiger partial charge in [0.1, 0.15) is 37.6 Å². The summed E-state index contributed by atoms with van der Waals surface area (Å²) in [5.74, 6) is -5.61. The van der Waals surface area contributed by atoms with E-state index in [-0.39, 0.29) is 6.42 Å². The van der Waals surface area contributed by atoms with Crippen LogP contribution in [-0.4, -0.2) is 116 Å². The molecular formula is C29H40O17. The van der Waals surface area contributed by atoms with E-state index in [0.29, 0.717) is 0 Å². The summed E-state index contributed by atoms with van der Waals surface area (Å²) in [7, 11) is 0. The molecule has 17 heteroatoms. The molecule has 2 saturated heterocycles. The van der Waals surface area contributed by atoms with Crippen LogP contribution in [0.1, 0.15) is 54.9 Å². The van der Waals surface area contributed by atoms with Crippen molar-refractivity contribution in [2.45, 2.75) is 116 Å². The van der Waals surface area contributed by atoms with Crippen LogP contribution in [0.4, 0.5) is 0 Å². The summed E-state index contributed by atoms with van der Waals surface area (Å²) >= 11 is 0. The Balaban J connectivity index is 2.71. The van der Waals surface area contributed by atoms with Crippen molar-refractivity contribution < 1.29 is 80.9 Å². The molecule has 10 atom stereocenters. The van der Waals surface area contributed by atoms with Crippen LogP contribution in [0.25, 0.3) is 0 Å². The first-order valence-corrected chi connectivity index (χ1v) is 14.2. The van der Waals surface area contributed by atoms with Gasteiger partial charge in [0.15, 0.2) is 36.8 Å². The molecule has 0 aromatic carbocycles. The number of ether oxygens (including phenoxy) is 10. The molecule has 0 amide bonds. The molecule has 0 aliphatic carbocycles. The van der Waals surface area contributed by atoms with Gasteiger partial charge in [-0.05, 0) is 6.42 Å². The molecule has 0 spiro atoms. The largest absolute Gasteiger partial charge is 0.463 e. The molecule has 2 heterocycles. The lowest BCUT2D eigenvalue weighted by atomic mass is 9.92. The van der Waals surface area contributed by atoms with Crippen LogP contribution in [0, 0.1) is 0 Å². The molecular weight excluding hydrogens is 620 g/mol. The van der Waals surface area contributed by atoms with E-state index < -0.39 is 116 Å². The highest BCUT2D eigenvalue weighted by molar-refractivity contribution is 5.69. The number of carbonyl (C=O) groups is 7. The normalized spacial score (nSPS) is 30.5. The monoisotopic (exact) mass is 660 g/mol. The summed E-state index contributed by atoms with van der Waals surface area (Å²) in [5.41, 5.74) is 0. The number of hydrogen-bond donors (Lipinski definition) is 0. The second kappa shape index (κ2) is 17.6. The SMILES string of the molecule is C=CC[C@H]1O[C@H](COC(C)=O)[C@@H](O[C@@H]2O[C@H](COC(C)=O)[C@H](OC(C)=O)[C@H](OC(C)=O)[C@H]2OC(C)=O)[C@H](OC(C)=O)[C@H]1OC(C)=O. The van der Waals surface area contributed by atoms with E-state index in [9.17, 15) is 33.6 Å². The third-order valence-corrected chi connectivity index (χ3v) is 6.42. The lowest BCUT2D eigenvalue weighted by Gasteiger charge is -2.48. The van der Waals surface area contributed by atoms with E-state index in [1.54, 1.807) is 0 Å². The predicted octanol–water partition coefficient (Wildman–Crippen LogP) is 0.225. The standard InChI is InChI=1S/C29H40O17/c1-9-10-20-23(39-15(4)32)26(41-17(6)34)25(21(44-20)11-37-13(2)30)46-29-28(43-19(8)36)27(42-18(7)35)24(40-16(5)33)22(45-29)12-38-14(3)31/h9,20-29H,1,10-12H2,2-8H3/t20-,21-,22-,23+,24+,25-,26-,27+,28-,29+/m1/s1. The maximum absolute atomic E-state index is 12.3. The number of carbonyl (C=O) groups excluding carboxylic acids is 7. The Kier molecular flexibility index (Phi) is 14.5. The first-order chi connectivity index (χ1) is 21.5. The average Bonchev–Trinajstić information content (AvgIpc) is 2.91. The molecule has 0 radical (unpaired) electrons. The maximum atomic E-state index is 12.3. The van der Waals surface area contributed by atoms with Crippen molar-refractivity contribution in [3.05, 3.63) is 12.7 Å². The minimum atomic E-state index is -1.74. The second-order valence-electron chi connectivity index (χ2n) is 10.4. The molecule has 2 fully saturated rings. The lowest BCUT2D eigenvalue weighted by molar-refractivity contribution is -0.344. The van der Waals surface area contributed by atoms with Gasteiger partial charge in [-0.15, -0.1) is 6.58 Å². The van der Waals surface area contributed by atoms with Crippen LogP contribution in [0.5, 0.6) is 0 Å². The third kappa shape index (κ3) is 11.4. The fourth-order valence-electron chi connectivity index (χ4n) is 4.96. The van der Waals surface area contributed by atoms with Gasteiger partial charge in [-0.1, -0.05) is 6.08 Å². The van der Waals surface area contributed by atoms with Gasteiger partial charge in [-0.3, -0.25) is 33.6 Å². The van der Waals surface area contributed by atoms with Crippen LogP contribution in [0.15, 0.2) is 12.7 Å². The second-order valence-corrected chi connectivity index (χ2v) is 10.4. The lowest BCUT2D eigenvalue weighted by Crippen LogP contribution is -2.67. The summed E-state index contributed by atoms with van der Waals surface area (Å²) in [5, 5.41) is 0. The van der Waals surface area contributed by atoms with E-state index in [1.165, 1.54) is 6.08 Å². The Labute approximate surface area is 265 Å². The maximum Gasteiger partial charge on any atom is 0.303 e. The Hall–Kier alpha value is -4.09. The van der Waals surface area contributed by atoms with E-state index in [2.05, 4.69) is 6.58 Å². The highest BCUT2D eigenvalue weighted by Gasteiger charge is 2.57. The summed E-state index contributed by atoms with van der Waals surface area (Å²) in [6, 6.07) is 0. The molecule has 0 saturated carbocycles. The highest BCUT2D eigenvalue weighted by Crippen LogP contribution is 2.36. The Morgan fingerprint density at radius 1 is 0.500 bits per heavy atom. The zero-order valence-corrected chi connectivity index (χ0v) is 26.6. The average molecular weight is 661 g/mol. The predicted molar refractivity (Wildman–Crippen MR) is 148 cm³/mol. The number of esters is 7. The minimum Gasteiger partial charge on any atom is -0.463 e. The van der Waals surface area contributed by atoms with E-state index in [0.717, 1.165) is 48.5 Å². The first-order valence-electron chi connectivity index (χ1n) is 14.2. The summed E-state index contributed by atoms with van der Waals surface area (Å²) in [6.45, 7) is 10.3. The van der Waals surface area contributed by atoms with Gasteiger partial charge in [-0.25, -0.2) is 0 Å². The summed E-state index contributed by atoms with van der Waals surface area (Å²) in [6.07, 6.45) is -12.6. The first kappa shape index (κ1) is 38.1. The van der Waals surface area contributed by atoms with Crippen molar-refractivity contribution in [2.75, 3.05) is 13.2 Å². The fourth-order valence-corrected chi connectivity index (χ4v) is 4.96. The molecule has 17 nitrogen and oxygen atoms in total. The van der Waals surface area contributed by atoms with E-state index >= 15 is 0 Å². The van der Waals surface area contributed by atoms with Gasteiger partial charge in [0, 0.05) is 48.5 Å². The molecule has 0 aromatic rings. The molecule has 0 bridgehead atoms. The van der Waals surface area contributed by atoms with Crippen molar-refractivity contribution >= 4 is 41.8 Å². The van der Waals surface area contributed by atoms with Crippen molar-refractivity contribution in [3.63, 3.8) is 0 Å². The fraction of sp³-hybridized carbons (Fsp3) is 0.690. The summed E-state index contributed by atoms with van der Waals surface area (Å²) < 4.78 is 56.0. The van der Waals surface area contributed by atoms with Gasteiger partial charge in [0.25, 0.3) is 0 Å². The molecule has 2 rings (SSSR count). The van der Waals surface area contributed by atoms with Gasteiger partial charge in [-0.2, -0.15) is 0 Å². The van der Waals surface area contributed by atoms with Crippen molar-refractivity contribution in [2.24, 2.45) is 0 Å². The van der Waals surface area contributed by atoms with Crippen LogP contribution < -0.4 is 0 Å². The van der Waals surface area contributed by atoms with Gasteiger partial charge >= 0.3 is 41.8 Å². The van der Waals surface area contributed by atoms with Crippen LogP contribution >= 0.6 is 0 Å². The number of hydrogen-bond acceptors (Lipinski definition) is 17. The molecule has 258 valence electrons. The van der Waals surface area contributed by atoms with Crippen molar-refractivity contribution in [1.82, 2.24) is 0 Å². The zero-order chi connectivity index (χ0) is 34.7. The van der Waals surface area contributed by atoms with Crippen LogP contribution in [-0.2, 0) is 80.9 Å². The highest BCUT2D eigenvalue weighted by atomic mass is 16.8. The van der Waals surface area contributed by atoms with Gasteiger partial charge in [0.05, 0.1) is 0 Å². The van der Waals surface area contributed by atoms with E-state index in [1.807, 2.05) is 0 Å². The Bertz CT molecular complexity index is 1150. The van der Waals surface area contributed by atoms with Crippen molar-refractivity contribution in [3.8, 4) is 0 Å². The number of rotatable bonds is 13. The quantitative estimate of drug-likeness (QED) is 0.147. The molecule has 0 N–H and O–H groups in total. The minimum absolute atomic E-state index is 0.0953. The van der Waals surface area contributed by atoms with Crippen LogP contribution in [0.3, 0.4) is 0 Å². The third-order valence-electron chi connectivity index (χ3n) is 6.42. The van der Waals surface area contributed by atoms with E-state index in [4.69, 9.17) is 47.4 Å². The van der Waals surface area contributed by atoms with Gasteiger partial charge < -0.3 is 47.4 Å². The molecule has 0 aromatic heterocycles. The smallest absolute Gasteiger partial charge is 0.303 e. The van der Waals surface area contributed by atoms with Crippen molar-refractivity contribution in [1.29, 1.82) is 0 Å². The molecule has 0 unspecified atom stereocenters. The summed E-state index contributed by atoms with van der Waals surface area (Å²) in [4.78, 5) is 84.5. The topological polar surface area (TPSA) is 212 Å². The van der Waals surface area contributed by atoms with Gasteiger partial charge in [0.2, 0.25) is 0 Å². The Morgan fingerprint density at radius 2 is 0.870 bits per heavy atom. The zero-order valence-electron chi connectivity index (χ0n) is 26.6. The van der Waals surface area contributed by atoms with Crippen LogP contribution in [0.2, 0.25) is 0 Å².